The standard InChI is InChI=1S/C17H25F2N3O/c1-2-20-17(22-14-7-3-4-8-14)21-11-13-6-5-9-15(10-13)23-12-16(18)19/h5-6,9-10,14,16H,2-4,7-8,11-12H2,1H3,(H2,20,21,22). The molecule has 0 aromatic heterocycles. The first-order valence-corrected chi connectivity index (χ1v) is 8.22. The van der Waals surface area contributed by atoms with Gasteiger partial charge < -0.3 is 15.4 Å². The average molecular weight is 325 g/mol. The molecule has 0 radical (unpaired) electrons. The summed E-state index contributed by atoms with van der Waals surface area (Å²) in [6.07, 6.45) is 2.43. The van der Waals surface area contributed by atoms with Gasteiger partial charge in [-0.05, 0) is 37.5 Å². The van der Waals surface area contributed by atoms with Gasteiger partial charge in [-0.25, -0.2) is 13.8 Å². The molecule has 0 unspecified atom stereocenters. The maximum atomic E-state index is 12.2. The highest BCUT2D eigenvalue weighted by Crippen LogP contribution is 2.18. The predicted octanol–water partition coefficient (Wildman–Crippen LogP) is 3.33. The fraction of sp³-hybridized carbons (Fsp3) is 0.588. The lowest BCUT2D eigenvalue weighted by Crippen LogP contribution is -2.42. The van der Waals surface area contributed by atoms with E-state index in [0.717, 1.165) is 18.1 Å². The zero-order valence-corrected chi connectivity index (χ0v) is 13.5. The van der Waals surface area contributed by atoms with Gasteiger partial charge in [-0.2, -0.15) is 0 Å². The summed E-state index contributed by atoms with van der Waals surface area (Å²) in [5, 5.41) is 6.69. The van der Waals surface area contributed by atoms with E-state index >= 15 is 0 Å². The fourth-order valence-corrected chi connectivity index (χ4v) is 2.65. The molecule has 6 heteroatoms. The van der Waals surface area contributed by atoms with Gasteiger partial charge in [0, 0.05) is 12.6 Å². The highest BCUT2D eigenvalue weighted by atomic mass is 19.3. The average Bonchev–Trinajstić information content (AvgIpc) is 3.04. The molecule has 0 spiro atoms. The first-order valence-electron chi connectivity index (χ1n) is 8.22. The van der Waals surface area contributed by atoms with Crippen LogP contribution >= 0.6 is 0 Å². The maximum absolute atomic E-state index is 12.2. The van der Waals surface area contributed by atoms with Crippen LogP contribution in [0.5, 0.6) is 5.75 Å². The van der Waals surface area contributed by atoms with Crippen molar-refractivity contribution in [1.82, 2.24) is 10.6 Å². The van der Waals surface area contributed by atoms with E-state index in [-0.39, 0.29) is 0 Å². The predicted molar refractivity (Wildman–Crippen MR) is 88.1 cm³/mol. The van der Waals surface area contributed by atoms with E-state index in [0.29, 0.717) is 18.3 Å². The summed E-state index contributed by atoms with van der Waals surface area (Å²) < 4.78 is 29.4. The van der Waals surface area contributed by atoms with Crippen LogP contribution in [-0.4, -0.2) is 31.6 Å². The third kappa shape index (κ3) is 6.42. The van der Waals surface area contributed by atoms with Gasteiger partial charge in [0.25, 0.3) is 6.43 Å². The Kier molecular flexibility index (Phi) is 7.10. The van der Waals surface area contributed by atoms with Gasteiger partial charge in [-0.1, -0.05) is 25.0 Å². The molecule has 1 saturated carbocycles. The number of nitrogens with zero attached hydrogens (tertiary/aromatic N) is 1. The van der Waals surface area contributed by atoms with Crippen LogP contribution in [0.4, 0.5) is 8.78 Å². The minimum absolute atomic E-state index is 0.451. The Morgan fingerprint density at radius 3 is 2.83 bits per heavy atom. The normalized spacial score (nSPS) is 15.9. The molecular formula is C17H25F2N3O. The van der Waals surface area contributed by atoms with Crippen LogP contribution in [0, 0.1) is 0 Å². The Morgan fingerprint density at radius 1 is 1.35 bits per heavy atom. The molecule has 0 saturated heterocycles. The van der Waals surface area contributed by atoms with Gasteiger partial charge in [0.2, 0.25) is 0 Å². The van der Waals surface area contributed by atoms with Crippen molar-refractivity contribution in [2.45, 2.75) is 51.6 Å². The number of benzene rings is 1. The number of hydrogen-bond donors (Lipinski definition) is 2. The van der Waals surface area contributed by atoms with E-state index in [4.69, 9.17) is 4.74 Å². The number of guanidine groups is 1. The van der Waals surface area contributed by atoms with Crippen molar-refractivity contribution < 1.29 is 13.5 Å². The zero-order chi connectivity index (χ0) is 16.5. The quantitative estimate of drug-likeness (QED) is 0.597. The summed E-state index contributed by atoms with van der Waals surface area (Å²) in [6, 6.07) is 7.64. The van der Waals surface area contributed by atoms with Gasteiger partial charge in [-0.3, -0.25) is 0 Å². The smallest absolute Gasteiger partial charge is 0.272 e. The van der Waals surface area contributed by atoms with E-state index in [1.54, 1.807) is 18.2 Å². The summed E-state index contributed by atoms with van der Waals surface area (Å²) in [4.78, 5) is 4.57. The minimum Gasteiger partial charge on any atom is -0.488 e. The second-order valence-electron chi connectivity index (χ2n) is 5.67. The zero-order valence-electron chi connectivity index (χ0n) is 13.5. The summed E-state index contributed by atoms with van der Waals surface area (Å²) in [7, 11) is 0. The Bertz CT molecular complexity index is 502. The Morgan fingerprint density at radius 2 is 2.13 bits per heavy atom. The van der Waals surface area contributed by atoms with Crippen molar-refractivity contribution in [3.8, 4) is 5.75 Å². The largest absolute Gasteiger partial charge is 0.488 e. The molecule has 0 atom stereocenters. The fourth-order valence-electron chi connectivity index (χ4n) is 2.65. The summed E-state index contributed by atoms with van der Waals surface area (Å²) >= 11 is 0. The lowest BCUT2D eigenvalue weighted by Gasteiger charge is -2.16. The SMILES string of the molecule is CCNC(=NCc1cccc(OCC(F)F)c1)NC1CCCC1. The van der Waals surface area contributed by atoms with Crippen molar-refractivity contribution in [3.05, 3.63) is 29.8 Å². The molecule has 4 nitrogen and oxygen atoms in total. The molecule has 2 N–H and O–H groups in total. The molecule has 2 rings (SSSR count). The molecule has 1 aliphatic carbocycles. The van der Waals surface area contributed by atoms with Gasteiger partial charge in [0.15, 0.2) is 5.96 Å². The topological polar surface area (TPSA) is 45.7 Å². The number of ether oxygens (including phenoxy) is 1. The highest BCUT2D eigenvalue weighted by Gasteiger charge is 2.15. The number of halogens is 2. The Balaban J connectivity index is 1.93. The van der Waals surface area contributed by atoms with Crippen molar-refractivity contribution in [1.29, 1.82) is 0 Å². The van der Waals surface area contributed by atoms with Crippen molar-refractivity contribution >= 4 is 5.96 Å². The molecule has 23 heavy (non-hydrogen) atoms. The van der Waals surface area contributed by atoms with Crippen LogP contribution in [0.25, 0.3) is 0 Å². The molecule has 0 bridgehead atoms. The van der Waals surface area contributed by atoms with Crippen molar-refractivity contribution in [3.63, 3.8) is 0 Å². The number of rotatable bonds is 7. The molecular weight excluding hydrogens is 300 g/mol. The van der Waals surface area contributed by atoms with Crippen LogP contribution in [0.2, 0.25) is 0 Å². The van der Waals surface area contributed by atoms with Crippen molar-refractivity contribution in [2.24, 2.45) is 4.99 Å². The van der Waals surface area contributed by atoms with E-state index in [9.17, 15) is 8.78 Å². The van der Waals surface area contributed by atoms with Crippen LogP contribution in [0.15, 0.2) is 29.3 Å². The molecule has 0 amide bonds. The van der Waals surface area contributed by atoms with E-state index < -0.39 is 13.0 Å². The summed E-state index contributed by atoms with van der Waals surface area (Å²) in [5.74, 6) is 1.25. The molecule has 0 heterocycles. The van der Waals surface area contributed by atoms with Gasteiger partial charge in [0.05, 0.1) is 6.54 Å². The molecule has 0 aliphatic heterocycles. The minimum atomic E-state index is -2.47. The Hall–Kier alpha value is -1.85. The first kappa shape index (κ1) is 17.5. The maximum Gasteiger partial charge on any atom is 0.272 e. The molecule has 128 valence electrons. The van der Waals surface area contributed by atoms with Crippen LogP contribution in [-0.2, 0) is 6.54 Å². The summed E-state index contributed by atoms with van der Waals surface area (Å²) in [6.45, 7) is 2.73. The Labute approximate surface area is 136 Å². The molecule has 1 aromatic carbocycles. The molecule has 1 aliphatic rings. The van der Waals surface area contributed by atoms with Crippen molar-refractivity contribution in [2.75, 3.05) is 13.2 Å². The number of alkyl halides is 2. The molecule has 1 aromatic rings. The van der Waals surface area contributed by atoms with E-state index in [2.05, 4.69) is 15.6 Å². The van der Waals surface area contributed by atoms with Crippen LogP contribution in [0.3, 0.4) is 0 Å². The van der Waals surface area contributed by atoms with Gasteiger partial charge in [0.1, 0.15) is 12.4 Å². The highest BCUT2D eigenvalue weighted by molar-refractivity contribution is 5.80. The second-order valence-corrected chi connectivity index (χ2v) is 5.67. The third-order valence-corrected chi connectivity index (χ3v) is 3.73. The first-order chi connectivity index (χ1) is 11.2. The lowest BCUT2D eigenvalue weighted by molar-refractivity contribution is 0.0818. The monoisotopic (exact) mass is 325 g/mol. The van der Waals surface area contributed by atoms with Gasteiger partial charge >= 0.3 is 0 Å². The van der Waals surface area contributed by atoms with Crippen LogP contribution < -0.4 is 15.4 Å². The van der Waals surface area contributed by atoms with Gasteiger partial charge in [-0.15, -0.1) is 0 Å². The third-order valence-electron chi connectivity index (χ3n) is 3.73. The number of nitrogens with one attached hydrogen (secondary N) is 2. The van der Waals surface area contributed by atoms with Crippen LogP contribution in [0.1, 0.15) is 38.2 Å². The summed E-state index contributed by atoms with van der Waals surface area (Å²) in [5.41, 5.74) is 0.931. The number of aliphatic imine (C=N–C) groups is 1. The molecule has 1 fully saturated rings. The van der Waals surface area contributed by atoms with E-state index in [1.807, 2.05) is 13.0 Å². The number of hydrogen-bond acceptors (Lipinski definition) is 2. The van der Waals surface area contributed by atoms with E-state index in [1.165, 1.54) is 25.7 Å². The second kappa shape index (κ2) is 9.33. The lowest BCUT2D eigenvalue weighted by atomic mass is 10.2.